The average molecular weight is 278 g/mol. The van der Waals surface area contributed by atoms with Crippen molar-refractivity contribution in [3.05, 3.63) is 39.6 Å². The summed E-state index contributed by atoms with van der Waals surface area (Å²) in [6.07, 6.45) is 2.80. The third-order valence-electron chi connectivity index (χ3n) is 1.94. The Morgan fingerprint density at radius 3 is 2.86 bits per heavy atom. The van der Waals surface area contributed by atoms with E-state index in [9.17, 15) is 4.39 Å². The molecule has 76 valence electrons. The van der Waals surface area contributed by atoms with Crippen molar-refractivity contribution in [2.24, 2.45) is 0 Å². The van der Waals surface area contributed by atoms with Crippen LogP contribution in [0.15, 0.2) is 28.2 Å². The molecule has 0 heterocycles. The van der Waals surface area contributed by atoms with Crippen molar-refractivity contribution in [2.75, 3.05) is 5.88 Å². The Balaban J connectivity index is 3.06. The molecule has 0 amide bonds. The summed E-state index contributed by atoms with van der Waals surface area (Å²) in [4.78, 5) is 0. The van der Waals surface area contributed by atoms with Crippen LogP contribution in [-0.2, 0) is 0 Å². The van der Waals surface area contributed by atoms with Gasteiger partial charge in [0.2, 0.25) is 0 Å². The third kappa shape index (κ3) is 3.10. The van der Waals surface area contributed by atoms with Crippen molar-refractivity contribution >= 4 is 33.6 Å². The molecule has 14 heavy (non-hydrogen) atoms. The van der Waals surface area contributed by atoms with Gasteiger partial charge in [0.1, 0.15) is 5.82 Å². The molecule has 1 rings (SSSR count). The molecule has 0 saturated carbocycles. The molecule has 0 aliphatic rings. The van der Waals surface area contributed by atoms with Crippen LogP contribution >= 0.6 is 27.5 Å². The highest BCUT2D eigenvalue weighted by atomic mass is 79.9. The van der Waals surface area contributed by atoms with Crippen LogP contribution in [0.5, 0.6) is 0 Å². The third-order valence-corrected chi connectivity index (χ3v) is 3.01. The van der Waals surface area contributed by atoms with Gasteiger partial charge in [0, 0.05) is 10.4 Å². The minimum absolute atomic E-state index is 0.232. The molecule has 0 unspecified atom stereocenters. The fraction of sp³-hybridized carbons (Fsp3) is 0.273. The first-order valence-electron chi connectivity index (χ1n) is 4.37. The molecular weight excluding hydrogens is 266 g/mol. The molecule has 0 N–H and O–H groups in total. The fourth-order valence-corrected chi connectivity index (χ4v) is 1.71. The molecule has 0 radical (unpaired) electrons. The topological polar surface area (TPSA) is 0 Å². The van der Waals surface area contributed by atoms with Gasteiger partial charge in [-0.05, 0) is 30.2 Å². The number of rotatable bonds is 3. The van der Waals surface area contributed by atoms with Gasteiger partial charge in [0.05, 0.1) is 0 Å². The van der Waals surface area contributed by atoms with Gasteiger partial charge in [0.15, 0.2) is 0 Å². The maximum absolute atomic E-state index is 12.9. The molecule has 0 saturated heterocycles. The largest absolute Gasteiger partial charge is 0.207 e. The van der Waals surface area contributed by atoms with E-state index in [4.69, 9.17) is 11.6 Å². The zero-order valence-corrected chi connectivity index (χ0v) is 10.2. The lowest BCUT2D eigenvalue weighted by atomic mass is 10.1. The first-order chi connectivity index (χ1) is 6.67. The summed E-state index contributed by atoms with van der Waals surface area (Å²) in [7, 11) is 0. The van der Waals surface area contributed by atoms with Gasteiger partial charge < -0.3 is 0 Å². The average Bonchev–Trinajstić information content (AvgIpc) is 2.19. The normalized spacial score (nSPS) is 11.9. The summed E-state index contributed by atoms with van der Waals surface area (Å²) in [6.45, 7) is 2.03. The zero-order chi connectivity index (χ0) is 10.6. The fourth-order valence-electron chi connectivity index (χ4n) is 1.08. The maximum Gasteiger partial charge on any atom is 0.123 e. The highest BCUT2D eigenvalue weighted by molar-refractivity contribution is 9.10. The van der Waals surface area contributed by atoms with Crippen molar-refractivity contribution in [2.45, 2.75) is 13.3 Å². The van der Waals surface area contributed by atoms with Crippen molar-refractivity contribution in [3.63, 3.8) is 0 Å². The predicted molar refractivity (Wildman–Crippen MR) is 63.1 cm³/mol. The summed E-state index contributed by atoms with van der Waals surface area (Å²) in [6, 6.07) is 4.61. The summed E-state index contributed by atoms with van der Waals surface area (Å²) in [5.74, 6) is 0.254. The van der Waals surface area contributed by atoms with Gasteiger partial charge in [-0.15, -0.1) is 11.6 Å². The monoisotopic (exact) mass is 276 g/mol. The lowest BCUT2D eigenvalue weighted by molar-refractivity contribution is 0.627. The van der Waals surface area contributed by atoms with E-state index >= 15 is 0 Å². The van der Waals surface area contributed by atoms with E-state index in [0.29, 0.717) is 5.88 Å². The number of hydrogen-bond donors (Lipinski definition) is 0. The Morgan fingerprint density at radius 2 is 2.29 bits per heavy atom. The molecule has 1 aromatic carbocycles. The first kappa shape index (κ1) is 11.7. The summed E-state index contributed by atoms with van der Waals surface area (Å²) in [5, 5.41) is 0. The standard InChI is InChI=1S/C11H11BrClF/c1-2-8(7-13)5-9-6-10(14)3-4-11(9)12/h3-6H,2,7H2,1H3/b8-5-. The van der Waals surface area contributed by atoms with E-state index in [1.807, 2.05) is 13.0 Å². The highest BCUT2D eigenvalue weighted by Gasteiger charge is 2.00. The molecule has 0 atom stereocenters. The quantitative estimate of drug-likeness (QED) is 0.707. The zero-order valence-electron chi connectivity index (χ0n) is 7.86. The Kier molecular flexibility index (Phi) is 4.63. The van der Waals surface area contributed by atoms with E-state index < -0.39 is 0 Å². The number of hydrogen-bond acceptors (Lipinski definition) is 0. The van der Waals surface area contributed by atoms with Crippen LogP contribution in [-0.4, -0.2) is 5.88 Å². The van der Waals surface area contributed by atoms with Crippen LogP contribution in [0.25, 0.3) is 6.08 Å². The van der Waals surface area contributed by atoms with Crippen LogP contribution < -0.4 is 0 Å². The van der Waals surface area contributed by atoms with E-state index in [2.05, 4.69) is 15.9 Å². The van der Waals surface area contributed by atoms with Crippen LogP contribution in [0.3, 0.4) is 0 Å². The minimum atomic E-state index is -0.232. The minimum Gasteiger partial charge on any atom is -0.207 e. The van der Waals surface area contributed by atoms with Gasteiger partial charge in [-0.1, -0.05) is 34.5 Å². The van der Waals surface area contributed by atoms with Crippen molar-refractivity contribution < 1.29 is 4.39 Å². The van der Waals surface area contributed by atoms with Gasteiger partial charge in [-0.2, -0.15) is 0 Å². The van der Waals surface area contributed by atoms with E-state index in [0.717, 1.165) is 22.0 Å². The highest BCUT2D eigenvalue weighted by Crippen LogP contribution is 2.21. The molecule has 0 aliphatic carbocycles. The van der Waals surface area contributed by atoms with E-state index in [-0.39, 0.29) is 5.82 Å². The molecule has 0 bridgehead atoms. The van der Waals surface area contributed by atoms with Gasteiger partial charge >= 0.3 is 0 Å². The predicted octanol–water partition coefficient (Wildman–Crippen LogP) is 4.62. The second kappa shape index (κ2) is 5.52. The number of alkyl halides is 1. The van der Waals surface area contributed by atoms with Crippen LogP contribution in [0.4, 0.5) is 4.39 Å². The molecule has 0 fully saturated rings. The maximum atomic E-state index is 12.9. The summed E-state index contributed by atoms with van der Waals surface area (Å²) < 4.78 is 13.8. The second-order valence-corrected chi connectivity index (χ2v) is 4.08. The van der Waals surface area contributed by atoms with Crippen molar-refractivity contribution in [3.8, 4) is 0 Å². The Labute approximate surface area is 96.9 Å². The number of benzene rings is 1. The van der Waals surface area contributed by atoms with Crippen molar-refractivity contribution in [1.82, 2.24) is 0 Å². The summed E-state index contributed by atoms with van der Waals surface area (Å²) >= 11 is 9.10. The number of halogens is 3. The van der Waals surface area contributed by atoms with Crippen molar-refractivity contribution in [1.29, 1.82) is 0 Å². The van der Waals surface area contributed by atoms with Gasteiger partial charge in [-0.3, -0.25) is 0 Å². The molecule has 0 aliphatic heterocycles. The van der Waals surface area contributed by atoms with Crippen LogP contribution in [0.2, 0.25) is 0 Å². The van der Waals surface area contributed by atoms with Gasteiger partial charge in [0.25, 0.3) is 0 Å². The molecule has 3 heteroatoms. The smallest absolute Gasteiger partial charge is 0.123 e. The Bertz CT molecular complexity index is 341. The van der Waals surface area contributed by atoms with E-state index in [1.54, 1.807) is 6.07 Å². The second-order valence-electron chi connectivity index (χ2n) is 2.96. The first-order valence-corrected chi connectivity index (χ1v) is 5.70. The molecular formula is C11H11BrClF. The SMILES string of the molecule is CC/C(=C/c1cc(F)ccc1Br)CCl. The van der Waals surface area contributed by atoms with Crippen LogP contribution in [0.1, 0.15) is 18.9 Å². The lowest BCUT2D eigenvalue weighted by Gasteiger charge is -2.02. The molecule has 0 spiro atoms. The summed E-state index contributed by atoms with van der Waals surface area (Å²) in [5.41, 5.74) is 1.93. The van der Waals surface area contributed by atoms with E-state index in [1.165, 1.54) is 12.1 Å². The van der Waals surface area contributed by atoms with Gasteiger partial charge in [-0.25, -0.2) is 4.39 Å². The number of allylic oxidation sites excluding steroid dienone is 1. The lowest BCUT2D eigenvalue weighted by Crippen LogP contribution is -1.85. The van der Waals surface area contributed by atoms with Crippen LogP contribution in [0, 0.1) is 5.82 Å². The Hall–Kier alpha value is -0.340. The molecule has 0 nitrogen and oxygen atoms in total. The molecule has 1 aromatic rings. The Morgan fingerprint density at radius 1 is 1.57 bits per heavy atom. The molecule has 0 aromatic heterocycles.